The van der Waals surface area contributed by atoms with E-state index in [9.17, 15) is 0 Å². The number of aromatic nitrogens is 3. The van der Waals surface area contributed by atoms with E-state index in [0.717, 1.165) is 60.3 Å². The van der Waals surface area contributed by atoms with Gasteiger partial charge in [-0.25, -0.2) is 0 Å². The van der Waals surface area contributed by atoms with Gasteiger partial charge in [-0.3, -0.25) is 9.97 Å². The number of pyridine rings is 2. The SMILES string of the molecule is c1ccc2c(c1)oc1c3ccccc3c3c4ncccc4n(-c4ccncc4)c3c21. The number of fused-ring (bicyclic) bond motifs is 10. The maximum Gasteiger partial charge on any atom is 0.145 e. The summed E-state index contributed by atoms with van der Waals surface area (Å²) in [5, 5.41) is 5.64. The van der Waals surface area contributed by atoms with Crippen LogP contribution in [0.5, 0.6) is 0 Å². The molecule has 7 rings (SSSR count). The van der Waals surface area contributed by atoms with Crippen molar-refractivity contribution < 1.29 is 4.42 Å². The third-order valence-corrected chi connectivity index (χ3v) is 5.92. The fourth-order valence-electron chi connectivity index (χ4n) is 4.74. The van der Waals surface area contributed by atoms with Crippen LogP contribution in [0.3, 0.4) is 0 Å². The minimum atomic E-state index is 0.893. The molecular formula is C26H15N3O. The first-order valence-corrected chi connectivity index (χ1v) is 9.93. The Labute approximate surface area is 171 Å². The third kappa shape index (κ3) is 1.90. The lowest BCUT2D eigenvalue weighted by atomic mass is 10.0. The predicted molar refractivity (Wildman–Crippen MR) is 121 cm³/mol. The number of nitrogens with zero attached hydrogens (tertiary/aromatic N) is 3. The number of rotatable bonds is 1. The zero-order chi connectivity index (χ0) is 19.7. The van der Waals surface area contributed by atoms with Gasteiger partial charge in [0.1, 0.15) is 11.2 Å². The summed E-state index contributed by atoms with van der Waals surface area (Å²) in [7, 11) is 0. The first-order chi connectivity index (χ1) is 14.9. The zero-order valence-corrected chi connectivity index (χ0v) is 15.9. The van der Waals surface area contributed by atoms with E-state index in [1.54, 1.807) is 0 Å². The number of hydrogen-bond acceptors (Lipinski definition) is 3. The molecule has 0 aliphatic rings. The van der Waals surface area contributed by atoms with E-state index < -0.39 is 0 Å². The summed E-state index contributed by atoms with van der Waals surface area (Å²) in [4.78, 5) is 9.03. The van der Waals surface area contributed by atoms with Crippen LogP contribution in [0.15, 0.2) is 95.8 Å². The van der Waals surface area contributed by atoms with Crippen molar-refractivity contribution in [2.45, 2.75) is 0 Å². The molecule has 7 aromatic rings. The maximum atomic E-state index is 6.41. The first-order valence-electron chi connectivity index (χ1n) is 9.93. The Bertz CT molecular complexity index is 1740. The lowest BCUT2D eigenvalue weighted by molar-refractivity contribution is 0.673. The summed E-state index contributed by atoms with van der Waals surface area (Å²) in [6, 6.07) is 24.9. The minimum absolute atomic E-state index is 0.893. The van der Waals surface area contributed by atoms with Crippen LogP contribution >= 0.6 is 0 Å². The Kier molecular flexibility index (Phi) is 2.97. The van der Waals surface area contributed by atoms with Crippen LogP contribution in [0.25, 0.3) is 60.3 Å². The molecule has 0 N–H and O–H groups in total. The Hall–Kier alpha value is -4.18. The molecule has 0 saturated heterocycles. The largest absolute Gasteiger partial charge is 0.455 e. The molecule has 4 heterocycles. The summed E-state index contributed by atoms with van der Waals surface area (Å²) >= 11 is 0. The average molecular weight is 385 g/mol. The van der Waals surface area contributed by atoms with Crippen molar-refractivity contribution in [3.8, 4) is 5.69 Å². The van der Waals surface area contributed by atoms with Crippen LogP contribution in [0.1, 0.15) is 0 Å². The van der Waals surface area contributed by atoms with Crippen LogP contribution in [0.2, 0.25) is 0 Å². The van der Waals surface area contributed by atoms with E-state index in [-0.39, 0.29) is 0 Å². The average Bonchev–Trinajstić information content (AvgIpc) is 3.36. The van der Waals surface area contributed by atoms with Gasteiger partial charge in [-0.15, -0.1) is 0 Å². The van der Waals surface area contributed by atoms with Gasteiger partial charge in [-0.05, 0) is 35.7 Å². The zero-order valence-electron chi connectivity index (χ0n) is 15.9. The molecule has 3 aromatic carbocycles. The lowest BCUT2D eigenvalue weighted by Gasteiger charge is -2.09. The molecule has 0 saturated carbocycles. The molecule has 30 heavy (non-hydrogen) atoms. The van der Waals surface area contributed by atoms with Gasteiger partial charge in [0, 0.05) is 40.4 Å². The van der Waals surface area contributed by atoms with Crippen molar-refractivity contribution in [2.75, 3.05) is 0 Å². The Morgan fingerprint density at radius 3 is 2.30 bits per heavy atom. The fourth-order valence-corrected chi connectivity index (χ4v) is 4.74. The van der Waals surface area contributed by atoms with Crippen molar-refractivity contribution in [3.63, 3.8) is 0 Å². The molecule has 0 unspecified atom stereocenters. The van der Waals surface area contributed by atoms with Gasteiger partial charge in [0.2, 0.25) is 0 Å². The number of furan rings is 1. The Morgan fingerprint density at radius 1 is 0.667 bits per heavy atom. The molecule has 0 aliphatic carbocycles. The highest BCUT2D eigenvalue weighted by molar-refractivity contribution is 6.34. The van der Waals surface area contributed by atoms with Gasteiger partial charge < -0.3 is 8.98 Å². The van der Waals surface area contributed by atoms with Crippen LogP contribution in [-0.2, 0) is 0 Å². The second-order valence-electron chi connectivity index (χ2n) is 7.48. The highest BCUT2D eigenvalue weighted by Crippen LogP contribution is 2.44. The number of para-hydroxylation sites is 1. The normalized spacial score (nSPS) is 12.0. The van der Waals surface area contributed by atoms with Gasteiger partial charge in [0.25, 0.3) is 0 Å². The predicted octanol–water partition coefficient (Wildman–Crippen LogP) is 6.63. The van der Waals surface area contributed by atoms with Gasteiger partial charge in [0.05, 0.1) is 21.9 Å². The summed E-state index contributed by atoms with van der Waals surface area (Å²) in [5.74, 6) is 0. The maximum absolute atomic E-state index is 6.41. The van der Waals surface area contributed by atoms with Gasteiger partial charge in [-0.2, -0.15) is 0 Å². The molecule has 0 bridgehead atoms. The molecule has 4 aromatic heterocycles. The summed E-state index contributed by atoms with van der Waals surface area (Å²) in [6.45, 7) is 0. The smallest absolute Gasteiger partial charge is 0.145 e. The third-order valence-electron chi connectivity index (χ3n) is 5.92. The Morgan fingerprint density at radius 2 is 1.43 bits per heavy atom. The van der Waals surface area contributed by atoms with Gasteiger partial charge in [0.15, 0.2) is 0 Å². The molecule has 0 fully saturated rings. The summed E-state index contributed by atoms with van der Waals surface area (Å²) < 4.78 is 8.70. The second kappa shape index (κ2) is 5.67. The summed E-state index contributed by atoms with van der Waals surface area (Å²) in [5.41, 5.74) is 6.05. The van der Waals surface area contributed by atoms with Crippen molar-refractivity contribution >= 4 is 54.6 Å². The van der Waals surface area contributed by atoms with Crippen LogP contribution in [0, 0.1) is 0 Å². The number of hydrogen-bond donors (Lipinski definition) is 0. The van der Waals surface area contributed by atoms with E-state index in [1.807, 2.05) is 48.9 Å². The van der Waals surface area contributed by atoms with Crippen molar-refractivity contribution in [2.24, 2.45) is 0 Å². The summed E-state index contributed by atoms with van der Waals surface area (Å²) in [6.07, 6.45) is 5.52. The molecule has 4 nitrogen and oxygen atoms in total. The molecule has 0 amide bonds. The van der Waals surface area contributed by atoms with Crippen LogP contribution < -0.4 is 0 Å². The quantitative estimate of drug-likeness (QED) is 0.319. The minimum Gasteiger partial charge on any atom is -0.455 e. The molecule has 0 aliphatic heterocycles. The van der Waals surface area contributed by atoms with Crippen molar-refractivity contribution in [1.29, 1.82) is 0 Å². The lowest BCUT2D eigenvalue weighted by Crippen LogP contribution is -1.94. The molecular weight excluding hydrogens is 370 g/mol. The highest BCUT2D eigenvalue weighted by atomic mass is 16.3. The van der Waals surface area contributed by atoms with Crippen LogP contribution in [0.4, 0.5) is 0 Å². The molecule has 0 atom stereocenters. The van der Waals surface area contributed by atoms with Crippen LogP contribution in [-0.4, -0.2) is 14.5 Å². The van der Waals surface area contributed by atoms with Crippen molar-refractivity contribution in [3.05, 3.63) is 91.4 Å². The number of benzene rings is 3. The topological polar surface area (TPSA) is 43.9 Å². The van der Waals surface area contributed by atoms with E-state index in [0.29, 0.717) is 0 Å². The van der Waals surface area contributed by atoms with Gasteiger partial charge in [-0.1, -0.05) is 42.5 Å². The van der Waals surface area contributed by atoms with Crippen molar-refractivity contribution in [1.82, 2.24) is 14.5 Å². The van der Waals surface area contributed by atoms with E-state index in [4.69, 9.17) is 9.40 Å². The Balaban J connectivity index is 1.91. The fraction of sp³-hybridized carbons (Fsp3) is 0. The van der Waals surface area contributed by atoms with E-state index in [2.05, 4.69) is 52.0 Å². The van der Waals surface area contributed by atoms with E-state index in [1.165, 1.54) is 0 Å². The molecule has 140 valence electrons. The van der Waals surface area contributed by atoms with E-state index >= 15 is 0 Å². The molecule has 0 spiro atoms. The molecule has 4 heteroatoms. The molecule has 0 radical (unpaired) electrons. The highest BCUT2D eigenvalue weighted by Gasteiger charge is 2.22. The van der Waals surface area contributed by atoms with Gasteiger partial charge >= 0.3 is 0 Å². The second-order valence-corrected chi connectivity index (χ2v) is 7.48. The monoisotopic (exact) mass is 385 g/mol. The standard InChI is InChI=1S/C26H15N3O/c1-2-7-18-17(6-1)22-24-20(9-5-13-28-24)29(16-11-14-27-15-12-16)25(22)23-19-8-3-4-10-21(19)30-26(18)23/h1-15H. The first kappa shape index (κ1) is 15.7.